The second kappa shape index (κ2) is 16.7. The van der Waals surface area contributed by atoms with Crippen molar-refractivity contribution in [3.63, 3.8) is 0 Å². The number of para-hydroxylation sites is 1. The van der Waals surface area contributed by atoms with Gasteiger partial charge < -0.3 is 4.98 Å². The van der Waals surface area contributed by atoms with Gasteiger partial charge in [0.2, 0.25) is 0 Å². The third-order valence-corrected chi connectivity index (χ3v) is 12.6. The second-order valence-corrected chi connectivity index (χ2v) is 16.7. The van der Waals surface area contributed by atoms with Crippen molar-refractivity contribution in [3.8, 4) is 89.7 Å². The predicted molar refractivity (Wildman–Crippen MR) is 272 cm³/mol. The Morgan fingerprint density at radius 2 is 0.894 bits per heavy atom. The van der Waals surface area contributed by atoms with Crippen molar-refractivity contribution in [2.75, 3.05) is 0 Å². The zero-order chi connectivity index (χ0) is 43.8. The maximum Gasteiger partial charge on any atom is 0.138 e. The average molecular weight is 844 g/mol. The molecule has 5 heteroatoms. The molecule has 0 radical (unpaired) electrons. The smallest absolute Gasteiger partial charge is 0.138 e. The standard InChI is InChI=1S/C61H41N5/c1-3-11-44(12-4-1)52-38-58-59(39-53(52)45-13-5-2-6-14-45)66-61(65-58)49-32-24-43(25-33-49)40-18-26-46(27-19-40)51-34-35-56(55-17-9-10-36-62-55)64-60(51)48-30-22-42(23-31-48)41-20-28-47(29-21-41)57-37-50-15-7-8-16-54(50)63-57/h1-36,38-39H,37H2,(H,65,66). The molecule has 11 aromatic rings. The Morgan fingerprint density at radius 3 is 1.52 bits per heavy atom. The fraction of sp³-hybridized carbons (Fsp3) is 0.0164. The van der Waals surface area contributed by atoms with E-state index in [1.165, 1.54) is 22.3 Å². The Kier molecular flexibility index (Phi) is 9.84. The van der Waals surface area contributed by atoms with Gasteiger partial charge in [0.15, 0.2) is 0 Å². The number of aromatic amines is 1. The summed E-state index contributed by atoms with van der Waals surface area (Å²) in [5, 5.41) is 0. The van der Waals surface area contributed by atoms with Crippen LogP contribution in [0.1, 0.15) is 11.1 Å². The average Bonchev–Trinajstić information content (AvgIpc) is 4.04. The summed E-state index contributed by atoms with van der Waals surface area (Å²) in [5.41, 5.74) is 22.6. The van der Waals surface area contributed by atoms with Crippen LogP contribution in [-0.4, -0.2) is 25.6 Å². The summed E-state index contributed by atoms with van der Waals surface area (Å²) in [6.45, 7) is 0. The van der Waals surface area contributed by atoms with Gasteiger partial charge in [-0.05, 0) is 104 Å². The largest absolute Gasteiger partial charge is 0.338 e. The number of fused-ring (bicyclic) bond motifs is 2. The van der Waals surface area contributed by atoms with Crippen LogP contribution in [0.5, 0.6) is 0 Å². The molecular weight excluding hydrogens is 803 g/mol. The van der Waals surface area contributed by atoms with Gasteiger partial charge in [-0.3, -0.25) is 9.98 Å². The van der Waals surface area contributed by atoms with Crippen LogP contribution in [0.2, 0.25) is 0 Å². The van der Waals surface area contributed by atoms with E-state index in [1.807, 2.05) is 30.5 Å². The second-order valence-electron chi connectivity index (χ2n) is 16.7. The SMILES string of the molecule is c1ccc(-c2cc3nc(-c4ccc(-c5ccc(-c6ccc(-c7ccccn7)nc6-c6ccc(-c7ccc(C8=Nc9ccccc9C8)cc7)cc6)cc5)cc4)[nH]c3cc2-c2ccccc2)cc1. The lowest BCUT2D eigenvalue weighted by Gasteiger charge is -2.13. The van der Waals surface area contributed by atoms with Crippen LogP contribution in [0.25, 0.3) is 101 Å². The Labute approximate surface area is 383 Å². The molecule has 4 heterocycles. The lowest BCUT2D eigenvalue weighted by Crippen LogP contribution is -1.99. The van der Waals surface area contributed by atoms with Crippen molar-refractivity contribution < 1.29 is 0 Å². The van der Waals surface area contributed by atoms with Crippen molar-refractivity contribution in [1.82, 2.24) is 19.9 Å². The topological polar surface area (TPSA) is 66.8 Å². The van der Waals surface area contributed by atoms with Gasteiger partial charge in [0.05, 0.1) is 39.5 Å². The fourth-order valence-corrected chi connectivity index (χ4v) is 9.12. The minimum Gasteiger partial charge on any atom is -0.338 e. The van der Waals surface area contributed by atoms with Crippen LogP contribution in [0, 0.1) is 0 Å². The summed E-state index contributed by atoms with van der Waals surface area (Å²) in [7, 11) is 0. The summed E-state index contributed by atoms with van der Waals surface area (Å²) in [6, 6.07) is 79.0. The third-order valence-electron chi connectivity index (χ3n) is 12.6. The van der Waals surface area contributed by atoms with Crippen LogP contribution in [0.3, 0.4) is 0 Å². The highest BCUT2D eigenvalue weighted by Crippen LogP contribution is 2.38. The molecule has 0 bridgehead atoms. The van der Waals surface area contributed by atoms with Crippen molar-refractivity contribution in [1.29, 1.82) is 0 Å². The number of nitrogens with zero attached hydrogens (tertiary/aromatic N) is 4. The molecule has 12 rings (SSSR count). The summed E-state index contributed by atoms with van der Waals surface area (Å²) >= 11 is 0. The number of nitrogens with one attached hydrogen (secondary N) is 1. The lowest BCUT2D eigenvalue weighted by atomic mass is 9.94. The maximum atomic E-state index is 5.26. The number of rotatable bonds is 9. The molecule has 5 nitrogen and oxygen atoms in total. The molecule has 310 valence electrons. The van der Waals surface area contributed by atoms with Gasteiger partial charge in [0.1, 0.15) is 5.82 Å². The van der Waals surface area contributed by atoms with E-state index in [9.17, 15) is 0 Å². The number of H-pyrrole nitrogens is 1. The van der Waals surface area contributed by atoms with E-state index in [2.05, 4.69) is 210 Å². The molecule has 0 fully saturated rings. The maximum absolute atomic E-state index is 5.26. The number of aromatic nitrogens is 4. The van der Waals surface area contributed by atoms with Crippen LogP contribution in [0.4, 0.5) is 5.69 Å². The highest BCUT2D eigenvalue weighted by molar-refractivity contribution is 6.06. The molecule has 66 heavy (non-hydrogen) atoms. The zero-order valence-electron chi connectivity index (χ0n) is 35.9. The molecule has 0 unspecified atom stereocenters. The van der Waals surface area contributed by atoms with Gasteiger partial charge in [-0.1, -0.05) is 182 Å². The Balaban J connectivity index is 0.817. The monoisotopic (exact) mass is 843 g/mol. The molecule has 0 saturated heterocycles. The van der Waals surface area contributed by atoms with E-state index in [4.69, 9.17) is 15.0 Å². The first-order valence-corrected chi connectivity index (χ1v) is 22.3. The molecule has 0 spiro atoms. The van der Waals surface area contributed by atoms with E-state index in [-0.39, 0.29) is 0 Å². The minimum atomic E-state index is 0.834. The van der Waals surface area contributed by atoms with Gasteiger partial charge in [0, 0.05) is 29.3 Å². The highest BCUT2D eigenvalue weighted by Gasteiger charge is 2.18. The number of hydrogen-bond donors (Lipinski definition) is 1. The summed E-state index contributed by atoms with van der Waals surface area (Å²) in [4.78, 5) is 23.5. The fourth-order valence-electron chi connectivity index (χ4n) is 9.12. The van der Waals surface area contributed by atoms with E-state index in [1.54, 1.807) is 0 Å². The van der Waals surface area contributed by atoms with E-state index >= 15 is 0 Å². The Bertz CT molecular complexity index is 3460. The number of hydrogen-bond acceptors (Lipinski definition) is 4. The highest BCUT2D eigenvalue weighted by atomic mass is 14.9. The Hall–Kier alpha value is -8.80. The molecule has 0 aliphatic carbocycles. The van der Waals surface area contributed by atoms with Gasteiger partial charge >= 0.3 is 0 Å². The van der Waals surface area contributed by atoms with Crippen LogP contribution >= 0.6 is 0 Å². The first-order chi connectivity index (χ1) is 32.7. The van der Waals surface area contributed by atoms with Crippen molar-refractivity contribution in [3.05, 3.63) is 242 Å². The molecular formula is C61H41N5. The van der Waals surface area contributed by atoms with Gasteiger partial charge in [-0.25, -0.2) is 9.97 Å². The minimum absolute atomic E-state index is 0.834. The number of aliphatic imine (C=N–C) groups is 1. The molecule has 1 N–H and O–H groups in total. The number of imidazole rings is 1. The molecule has 8 aromatic carbocycles. The van der Waals surface area contributed by atoms with Gasteiger partial charge in [0.25, 0.3) is 0 Å². The van der Waals surface area contributed by atoms with Crippen LogP contribution < -0.4 is 0 Å². The normalized spacial score (nSPS) is 12.0. The molecule has 0 amide bonds. The van der Waals surface area contributed by atoms with E-state index in [0.29, 0.717) is 0 Å². The molecule has 1 aliphatic heterocycles. The van der Waals surface area contributed by atoms with Crippen molar-refractivity contribution >= 4 is 22.4 Å². The molecule has 3 aromatic heterocycles. The van der Waals surface area contributed by atoms with Gasteiger partial charge in [-0.2, -0.15) is 0 Å². The molecule has 0 atom stereocenters. The first kappa shape index (κ1) is 38.8. The Morgan fingerprint density at radius 1 is 0.364 bits per heavy atom. The quantitative estimate of drug-likeness (QED) is 0.157. The predicted octanol–water partition coefficient (Wildman–Crippen LogP) is 15.4. The third kappa shape index (κ3) is 7.48. The summed E-state index contributed by atoms with van der Waals surface area (Å²) < 4.78 is 0. The number of benzene rings is 8. The molecule has 0 saturated carbocycles. The zero-order valence-corrected chi connectivity index (χ0v) is 35.9. The van der Waals surface area contributed by atoms with Crippen LogP contribution in [0.15, 0.2) is 236 Å². The number of pyridine rings is 2. The summed E-state index contributed by atoms with van der Waals surface area (Å²) in [5.74, 6) is 0.845. The van der Waals surface area contributed by atoms with Crippen molar-refractivity contribution in [2.24, 2.45) is 4.99 Å². The van der Waals surface area contributed by atoms with Crippen LogP contribution in [-0.2, 0) is 6.42 Å². The summed E-state index contributed by atoms with van der Waals surface area (Å²) in [6.07, 6.45) is 2.68. The van der Waals surface area contributed by atoms with E-state index in [0.717, 1.165) is 107 Å². The van der Waals surface area contributed by atoms with E-state index < -0.39 is 0 Å². The lowest BCUT2D eigenvalue weighted by molar-refractivity contribution is 1.25. The van der Waals surface area contributed by atoms with Gasteiger partial charge in [-0.15, -0.1) is 0 Å². The molecule has 1 aliphatic rings. The first-order valence-electron chi connectivity index (χ1n) is 22.3. The van der Waals surface area contributed by atoms with Crippen molar-refractivity contribution in [2.45, 2.75) is 6.42 Å².